The second kappa shape index (κ2) is 6.44. The molecule has 0 bridgehead atoms. The molecule has 7 nitrogen and oxygen atoms in total. The summed E-state index contributed by atoms with van der Waals surface area (Å²) in [7, 11) is 0. The molecule has 0 aliphatic rings. The second-order valence-corrected chi connectivity index (χ2v) is 4.36. The van der Waals surface area contributed by atoms with Crippen LogP contribution in [-0.4, -0.2) is 44.0 Å². The number of nitrogens with one attached hydrogen (secondary N) is 1. The van der Waals surface area contributed by atoms with Crippen LogP contribution >= 0.6 is 11.6 Å². The molecule has 0 aliphatic heterocycles. The minimum Gasteiger partial charge on any atom is -0.377 e. The smallest absolute Gasteiger partial charge is 0.256 e. The number of hydrogen-bond donors (Lipinski definition) is 1. The first-order chi connectivity index (χ1) is 9.15. The highest BCUT2D eigenvalue weighted by molar-refractivity contribution is 6.28. The van der Waals surface area contributed by atoms with Gasteiger partial charge < -0.3 is 10.1 Å². The number of nitrogens with zero attached hydrogens (tertiary/aromatic N) is 5. The lowest BCUT2D eigenvalue weighted by Crippen LogP contribution is -2.16. The SMILES string of the molecule is CC(C)OCCNc1nc(Cl)nc(-n2cccn2)n1. The molecule has 0 aliphatic carbocycles. The molecule has 0 unspecified atom stereocenters. The number of hydrogen-bond acceptors (Lipinski definition) is 6. The van der Waals surface area contributed by atoms with Crippen molar-refractivity contribution in [1.82, 2.24) is 24.7 Å². The Balaban J connectivity index is 2.01. The Kier molecular flexibility index (Phi) is 4.64. The van der Waals surface area contributed by atoms with Gasteiger partial charge in [0.25, 0.3) is 5.95 Å². The minimum atomic E-state index is 0.118. The van der Waals surface area contributed by atoms with Crippen LogP contribution < -0.4 is 5.32 Å². The summed E-state index contributed by atoms with van der Waals surface area (Å²) >= 11 is 5.86. The van der Waals surface area contributed by atoms with Crippen LogP contribution in [0.5, 0.6) is 0 Å². The maximum atomic E-state index is 5.86. The van der Waals surface area contributed by atoms with Gasteiger partial charge in [-0.3, -0.25) is 0 Å². The Hall–Kier alpha value is -1.73. The van der Waals surface area contributed by atoms with Gasteiger partial charge in [-0.2, -0.15) is 20.1 Å². The average Bonchev–Trinajstić information content (AvgIpc) is 2.87. The first kappa shape index (κ1) is 13.7. The van der Waals surface area contributed by atoms with E-state index < -0.39 is 0 Å². The summed E-state index contributed by atoms with van der Waals surface area (Å²) in [6.45, 7) is 5.13. The van der Waals surface area contributed by atoms with E-state index in [0.29, 0.717) is 25.0 Å². The van der Waals surface area contributed by atoms with Gasteiger partial charge in [0, 0.05) is 18.9 Å². The molecule has 0 aromatic carbocycles. The summed E-state index contributed by atoms with van der Waals surface area (Å²) in [4.78, 5) is 12.2. The molecule has 2 aromatic rings. The van der Waals surface area contributed by atoms with Crippen LogP contribution in [0.3, 0.4) is 0 Å². The zero-order valence-corrected chi connectivity index (χ0v) is 11.5. The lowest BCUT2D eigenvalue weighted by Gasteiger charge is -2.09. The number of halogens is 1. The summed E-state index contributed by atoms with van der Waals surface area (Å²) < 4.78 is 6.93. The van der Waals surface area contributed by atoms with E-state index in [0.717, 1.165) is 0 Å². The van der Waals surface area contributed by atoms with Gasteiger partial charge in [-0.1, -0.05) is 0 Å². The van der Waals surface area contributed by atoms with Gasteiger partial charge in [0.15, 0.2) is 0 Å². The van der Waals surface area contributed by atoms with E-state index in [9.17, 15) is 0 Å². The van der Waals surface area contributed by atoms with Crippen molar-refractivity contribution in [2.45, 2.75) is 20.0 Å². The first-order valence-electron chi connectivity index (χ1n) is 5.92. The fraction of sp³-hybridized carbons (Fsp3) is 0.455. The molecular formula is C11H15ClN6O. The summed E-state index contributed by atoms with van der Waals surface area (Å²) in [5.41, 5.74) is 0. The molecule has 0 saturated heterocycles. The highest BCUT2D eigenvalue weighted by Gasteiger charge is 2.06. The third-order valence-corrected chi connectivity index (χ3v) is 2.31. The number of ether oxygens (including phenoxy) is 1. The Labute approximate surface area is 116 Å². The summed E-state index contributed by atoms with van der Waals surface area (Å²) in [5, 5.41) is 7.19. The van der Waals surface area contributed by atoms with Crippen LogP contribution in [0.15, 0.2) is 18.5 Å². The van der Waals surface area contributed by atoms with E-state index in [4.69, 9.17) is 16.3 Å². The van der Waals surface area contributed by atoms with Gasteiger partial charge in [-0.15, -0.1) is 0 Å². The van der Waals surface area contributed by atoms with Gasteiger partial charge in [0.1, 0.15) is 0 Å². The predicted molar refractivity (Wildman–Crippen MR) is 71.5 cm³/mol. The molecule has 0 atom stereocenters. The fourth-order valence-corrected chi connectivity index (χ4v) is 1.52. The van der Waals surface area contributed by atoms with E-state index in [1.165, 1.54) is 4.68 Å². The molecule has 2 rings (SSSR count). The monoisotopic (exact) mass is 282 g/mol. The van der Waals surface area contributed by atoms with Crippen molar-refractivity contribution in [2.75, 3.05) is 18.5 Å². The normalized spacial score (nSPS) is 10.9. The number of anilines is 1. The Morgan fingerprint density at radius 2 is 2.21 bits per heavy atom. The van der Waals surface area contributed by atoms with Crippen LogP contribution in [0, 0.1) is 0 Å². The summed E-state index contributed by atoms with van der Waals surface area (Å²) in [6, 6.07) is 1.78. The number of aromatic nitrogens is 5. The molecule has 0 amide bonds. The van der Waals surface area contributed by atoms with Gasteiger partial charge in [0.2, 0.25) is 11.2 Å². The van der Waals surface area contributed by atoms with Gasteiger partial charge in [0.05, 0.1) is 12.7 Å². The van der Waals surface area contributed by atoms with Gasteiger partial charge in [-0.05, 0) is 31.5 Å². The van der Waals surface area contributed by atoms with E-state index in [1.54, 1.807) is 18.5 Å². The molecular weight excluding hydrogens is 268 g/mol. The standard InChI is InChI=1S/C11H15ClN6O/c1-8(2)19-7-5-13-10-15-9(12)16-11(17-10)18-6-3-4-14-18/h3-4,6,8H,5,7H2,1-2H3,(H,13,15,16,17). The maximum Gasteiger partial charge on any atom is 0.256 e. The van der Waals surface area contributed by atoms with Crippen molar-refractivity contribution in [3.05, 3.63) is 23.7 Å². The Bertz CT molecular complexity index is 516. The molecule has 0 fully saturated rings. The van der Waals surface area contributed by atoms with Crippen molar-refractivity contribution >= 4 is 17.5 Å². The quantitative estimate of drug-likeness (QED) is 0.810. The molecule has 2 heterocycles. The van der Waals surface area contributed by atoms with Crippen LogP contribution in [0.2, 0.25) is 5.28 Å². The van der Waals surface area contributed by atoms with Crippen molar-refractivity contribution in [3.63, 3.8) is 0 Å². The van der Waals surface area contributed by atoms with Crippen molar-refractivity contribution in [3.8, 4) is 5.95 Å². The summed E-state index contributed by atoms with van der Waals surface area (Å²) in [5.74, 6) is 0.773. The van der Waals surface area contributed by atoms with Gasteiger partial charge in [-0.25, -0.2) is 4.68 Å². The third kappa shape index (κ3) is 4.15. The molecule has 19 heavy (non-hydrogen) atoms. The lowest BCUT2D eigenvalue weighted by molar-refractivity contribution is 0.0870. The van der Waals surface area contributed by atoms with E-state index in [-0.39, 0.29) is 11.4 Å². The van der Waals surface area contributed by atoms with Crippen LogP contribution in [0.1, 0.15) is 13.8 Å². The Morgan fingerprint density at radius 3 is 2.89 bits per heavy atom. The first-order valence-corrected chi connectivity index (χ1v) is 6.30. The summed E-state index contributed by atoms with van der Waals surface area (Å²) in [6.07, 6.45) is 3.57. The molecule has 0 radical (unpaired) electrons. The van der Waals surface area contributed by atoms with Gasteiger partial charge >= 0.3 is 0 Å². The van der Waals surface area contributed by atoms with Crippen LogP contribution in [0.25, 0.3) is 5.95 Å². The topological polar surface area (TPSA) is 77.8 Å². The highest BCUT2D eigenvalue weighted by Crippen LogP contribution is 2.08. The fourth-order valence-electron chi connectivity index (χ4n) is 1.37. The molecule has 1 N–H and O–H groups in total. The molecule has 102 valence electrons. The molecule has 2 aromatic heterocycles. The van der Waals surface area contributed by atoms with Crippen LogP contribution in [0.4, 0.5) is 5.95 Å². The minimum absolute atomic E-state index is 0.118. The second-order valence-electron chi connectivity index (χ2n) is 4.03. The van der Waals surface area contributed by atoms with E-state index in [1.807, 2.05) is 13.8 Å². The van der Waals surface area contributed by atoms with Crippen LogP contribution in [-0.2, 0) is 4.74 Å². The molecule has 0 saturated carbocycles. The zero-order valence-electron chi connectivity index (χ0n) is 10.7. The highest BCUT2D eigenvalue weighted by atomic mass is 35.5. The predicted octanol–water partition coefficient (Wildman–Crippen LogP) is 1.55. The Morgan fingerprint density at radius 1 is 1.37 bits per heavy atom. The van der Waals surface area contributed by atoms with Crippen molar-refractivity contribution in [2.24, 2.45) is 0 Å². The largest absolute Gasteiger partial charge is 0.377 e. The maximum absolute atomic E-state index is 5.86. The zero-order chi connectivity index (χ0) is 13.7. The molecule has 8 heteroatoms. The molecule has 0 spiro atoms. The van der Waals surface area contributed by atoms with E-state index >= 15 is 0 Å². The van der Waals surface area contributed by atoms with E-state index in [2.05, 4.69) is 25.4 Å². The van der Waals surface area contributed by atoms with Crippen molar-refractivity contribution < 1.29 is 4.74 Å². The number of rotatable bonds is 6. The van der Waals surface area contributed by atoms with Crippen molar-refractivity contribution in [1.29, 1.82) is 0 Å². The average molecular weight is 283 g/mol. The lowest BCUT2D eigenvalue weighted by atomic mass is 10.5. The third-order valence-electron chi connectivity index (χ3n) is 2.14.